The highest BCUT2D eigenvalue weighted by Gasteiger charge is 2.13. The lowest BCUT2D eigenvalue weighted by Gasteiger charge is -2.12. The zero-order valence-electron chi connectivity index (χ0n) is 12.3. The Bertz CT molecular complexity index is 581. The van der Waals surface area contributed by atoms with Crippen molar-refractivity contribution < 1.29 is 9.90 Å². The maximum absolute atomic E-state index is 12.0. The van der Waals surface area contributed by atoms with Crippen LogP contribution < -0.4 is 5.32 Å². The van der Waals surface area contributed by atoms with E-state index in [0.29, 0.717) is 13.0 Å². The molecule has 0 aliphatic heterocycles. The topological polar surface area (TPSA) is 49.3 Å². The Kier molecular flexibility index (Phi) is 5.38. The first-order chi connectivity index (χ1) is 10.2. The minimum Gasteiger partial charge on any atom is -0.508 e. The average Bonchev–Trinajstić information content (AvgIpc) is 2.50. The first-order valence-corrected chi connectivity index (χ1v) is 7.25. The van der Waals surface area contributed by atoms with Crippen molar-refractivity contribution in [2.45, 2.75) is 19.8 Å². The maximum Gasteiger partial charge on any atom is 0.223 e. The number of phenolic OH excluding ortho intramolecular Hbond substituents is 1. The molecule has 1 atom stereocenters. The molecule has 2 aromatic rings. The summed E-state index contributed by atoms with van der Waals surface area (Å²) >= 11 is 0. The molecule has 0 fully saturated rings. The number of hydrogen-bond acceptors (Lipinski definition) is 2. The predicted molar refractivity (Wildman–Crippen MR) is 84.1 cm³/mol. The van der Waals surface area contributed by atoms with Gasteiger partial charge in [0, 0.05) is 12.5 Å². The van der Waals surface area contributed by atoms with Gasteiger partial charge < -0.3 is 10.4 Å². The number of para-hydroxylation sites is 1. The lowest BCUT2D eigenvalue weighted by molar-refractivity contribution is -0.124. The van der Waals surface area contributed by atoms with Gasteiger partial charge in [0.2, 0.25) is 5.91 Å². The van der Waals surface area contributed by atoms with Crippen LogP contribution in [-0.2, 0) is 17.6 Å². The van der Waals surface area contributed by atoms with Crippen molar-refractivity contribution in [1.82, 2.24) is 5.32 Å². The number of hydrogen-bond donors (Lipinski definition) is 2. The van der Waals surface area contributed by atoms with E-state index in [1.807, 2.05) is 49.4 Å². The smallest absolute Gasteiger partial charge is 0.223 e. The van der Waals surface area contributed by atoms with E-state index in [9.17, 15) is 9.90 Å². The van der Waals surface area contributed by atoms with Gasteiger partial charge in [0.05, 0.1) is 0 Å². The Balaban J connectivity index is 1.78. The van der Waals surface area contributed by atoms with Crippen LogP contribution in [0.15, 0.2) is 54.6 Å². The third-order valence-electron chi connectivity index (χ3n) is 3.52. The number of amides is 1. The van der Waals surface area contributed by atoms with Crippen molar-refractivity contribution in [3.63, 3.8) is 0 Å². The Morgan fingerprint density at radius 2 is 1.76 bits per heavy atom. The van der Waals surface area contributed by atoms with Gasteiger partial charge in [-0.25, -0.2) is 0 Å². The molecule has 0 aliphatic carbocycles. The molecule has 0 radical (unpaired) electrons. The second-order valence-electron chi connectivity index (χ2n) is 5.26. The second kappa shape index (κ2) is 7.48. The molecule has 2 N–H and O–H groups in total. The number of carbonyl (C=O) groups excluding carboxylic acids is 1. The highest BCUT2D eigenvalue weighted by Crippen LogP contribution is 2.15. The fourth-order valence-electron chi connectivity index (χ4n) is 2.28. The summed E-state index contributed by atoms with van der Waals surface area (Å²) in [7, 11) is 0. The van der Waals surface area contributed by atoms with Gasteiger partial charge in [-0.1, -0.05) is 55.5 Å². The van der Waals surface area contributed by atoms with E-state index in [1.165, 1.54) is 5.56 Å². The molecule has 0 saturated carbocycles. The molecule has 110 valence electrons. The van der Waals surface area contributed by atoms with Crippen LogP contribution in [-0.4, -0.2) is 17.6 Å². The number of phenols is 1. The minimum atomic E-state index is -0.0585. The molecule has 0 heterocycles. The molecule has 1 unspecified atom stereocenters. The van der Waals surface area contributed by atoms with E-state index in [1.54, 1.807) is 12.1 Å². The maximum atomic E-state index is 12.0. The van der Waals surface area contributed by atoms with Gasteiger partial charge in [-0.2, -0.15) is 0 Å². The number of carbonyl (C=O) groups is 1. The first-order valence-electron chi connectivity index (χ1n) is 7.25. The molecule has 2 aromatic carbocycles. The lowest BCUT2D eigenvalue weighted by atomic mass is 10.0. The van der Waals surface area contributed by atoms with Crippen LogP contribution in [0.25, 0.3) is 0 Å². The van der Waals surface area contributed by atoms with E-state index in [-0.39, 0.29) is 17.6 Å². The number of aromatic hydroxyl groups is 1. The summed E-state index contributed by atoms with van der Waals surface area (Å²) in [5.41, 5.74) is 2.02. The summed E-state index contributed by atoms with van der Waals surface area (Å²) < 4.78 is 0. The number of benzene rings is 2. The third kappa shape index (κ3) is 4.63. The summed E-state index contributed by atoms with van der Waals surface area (Å²) in [5.74, 6) is 0.273. The fourth-order valence-corrected chi connectivity index (χ4v) is 2.28. The van der Waals surface area contributed by atoms with Gasteiger partial charge in [0.1, 0.15) is 5.75 Å². The van der Waals surface area contributed by atoms with Gasteiger partial charge in [0.25, 0.3) is 0 Å². The number of rotatable bonds is 6. The van der Waals surface area contributed by atoms with E-state index < -0.39 is 0 Å². The molecule has 3 nitrogen and oxygen atoms in total. The Morgan fingerprint density at radius 3 is 2.48 bits per heavy atom. The Morgan fingerprint density at radius 1 is 1.10 bits per heavy atom. The largest absolute Gasteiger partial charge is 0.508 e. The van der Waals surface area contributed by atoms with Gasteiger partial charge in [-0.05, 0) is 30.0 Å². The minimum absolute atomic E-state index is 0.0503. The predicted octanol–water partition coefficient (Wildman–Crippen LogP) is 2.93. The van der Waals surface area contributed by atoms with Gasteiger partial charge in [0.15, 0.2) is 0 Å². The SMILES string of the molecule is CC(Cc1ccccc1)C(=O)NCCc1ccccc1O. The normalized spacial score (nSPS) is 11.9. The Hall–Kier alpha value is -2.29. The van der Waals surface area contributed by atoms with E-state index >= 15 is 0 Å². The van der Waals surface area contributed by atoms with Crippen LogP contribution in [0.1, 0.15) is 18.1 Å². The van der Waals surface area contributed by atoms with Crippen LogP contribution in [0.2, 0.25) is 0 Å². The summed E-state index contributed by atoms with van der Waals surface area (Å²) in [6.07, 6.45) is 1.37. The van der Waals surface area contributed by atoms with E-state index in [0.717, 1.165) is 12.0 Å². The molecule has 0 aliphatic rings. The van der Waals surface area contributed by atoms with Crippen LogP contribution >= 0.6 is 0 Å². The van der Waals surface area contributed by atoms with Gasteiger partial charge >= 0.3 is 0 Å². The van der Waals surface area contributed by atoms with Crippen molar-refractivity contribution in [3.05, 3.63) is 65.7 Å². The van der Waals surface area contributed by atoms with Gasteiger partial charge in [-0.15, -0.1) is 0 Å². The van der Waals surface area contributed by atoms with E-state index in [2.05, 4.69) is 5.32 Å². The second-order valence-corrected chi connectivity index (χ2v) is 5.26. The standard InChI is InChI=1S/C18H21NO2/c1-14(13-15-7-3-2-4-8-15)18(21)19-12-11-16-9-5-6-10-17(16)20/h2-10,14,20H,11-13H2,1H3,(H,19,21). The molecular formula is C18H21NO2. The molecule has 21 heavy (non-hydrogen) atoms. The third-order valence-corrected chi connectivity index (χ3v) is 3.52. The lowest BCUT2D eigenvalue weighted by Crippen LogP contribution is -2.31. The zero-order valence-corrected chi connectivity index (χ0v) is 12.3. The van der Waals surface area contributed by atoms with Crippen molar-refractivity contribution in [2.75, 3.05) is 6.54 Å². The highest BCUT2D eigenvalue weighted by molar-refractivity contribution is 5.78. The van der Waals surface area contributed by atoms with Crippen LogP contribution in [0.3, 0.4) is 0 Å². The van der Waals surface area contributed by atoms with Crippen LogP contribution in [0.5, 0.6) is 5.75 Å². The first kappa shape index (κ1) is 15.1. The van der Waals surface area contributed by atoms with Crippen LogP contribution in [0.4, 0.5) is 0 Å². The quantitative estimate of drug-likeness (QED) is 0.856. The highest BCUT2D eigenvalue weighted by atomic mass is 16.3. The van der Waals surface area contributed by atoms with Crippen molar-refractivity contribution >= 4 is 5.91 Å². The van der Waals surface area contributed by atoms with Gasteiger partial charge in [-0.3, -0.25) is 4.79 Å². The molecule has 2 rings (SSSR count). The average molecular weight is 283 g/mol. The summed E-state index contributed by atoms with van der Waals surface area (Å²) in [5, 5.41) is 12.6. The molecule has 0 aromatic heterocycles. The molecule has 1 amide bonds. The molecule has 0 bridgehead atoms. The molecule has 0 spiro atoms. The van der Waals surface area contributed by atoms with Crippen molar-refractivity contribution in [3.8, 4) is 5.75 Å². The number of nitrogens with one attached hydrogen (secondary N) is 1. The van der Waals surface area contributed by atoms with E-state index in [4.69, 9.17) is 0 Å². The summed E-state index contributed by atoms with van der Waals surface area (Å²) in [6.45, 7) is 2.47. The van der Waals surface area contributed by atoms with Crippen LogP contribution in [0, 0.1) is 5.92 Å². The molecule has 3 heteroatoms. The Labute approximate surface area is 125 Å². The fraction of sp³-hybridized carbons (Fsp3) is 0.278. The summed E-state index contributed by atoms with van der Waals surface area (Å²) in [4.78, 5) is 12.0. The molecule has 0 saturated heterocycles. The van der Waals surface area contributed by atoms with Crippen molar-refractivity contribution in [2.24, 2.45) is 5.92 Å². The van der Waals surface area contributed by atoms with Crippen molar-refractivity contribution in [1.29, 1.82) is 0 Å². The zero-order chi connectivity index (χ0) is 15.1. The monoisotopic (exact) mass is 283 g/mol. The summed E-state index contributed by atoms with van der Waals surface area (Å²) in [6, 6.07) is 17.2. The molecular weight excluding hydrogens is 262 g/mol.